The summed E-state index contributed by atoms with van der Waals surface area (Å²) >= 11 is 1.22. The molecule has 0 aromatic heterocycles. The predicted molar refractivity (Wildman–Crippen MR) is 62.2 cm³/mol. The Kier molecular flexibility index (Phi) is 7.25. The first-order valence-corrected chi connectivity index (χ1v) is 5.68. The molecule has 0 saturated carbocycles. The van der Waals surface area contributed by atoms with Gasteiger partial charge < -0.3 is 9.47 Å². The highest BCUT2D eigenvalue weighted by Crippen LogP contribution is 2.24. The standard InChI is InChI=1S/C10H19NO3S/c1-6-14-10(12)9(15-11-4)8(13-5)7(2)3/h7,11H,6H2,1-5H3/b9-8+. The lowest BCUT2D eigenvalue weighted by molar-refractivity contribution is -0.137. The normalized spacial score (nSPS) is 12.4. The molecule has 0 bridgehead atoms. The maximum absolute atomic E-state index is 11.6. The Morgan fingerprint density at radius 3 is 2.40 bits per heavy atom. The second kappa shape index (κ2) is 7.59. The lowest BCUT2D eigenvalue weighted by Crippen LogP contribution is -2.14. The molecule has 0 fully saturated rings. The van der Waals surface area contributed by atoms with E-state index in [-0.39, 0.29) is 11.9 Å². The van der Waals surface area contributed by atoms with Gasteiger partial charge in [-0.1, -0.05) is 13.8 Å². The summed E-state index contributed by atoms with van der Waals surface area (Å²) in [7, 11) is 3.31. The molecule has 0 aliphatic rings. The van der Waals surface area contributed by atoms with E-state index in [4.69, 9.17) is 9.47 Å². The Morgan fingerprint density at radius 1 is 1.47 bits per heavy atom. The van der Waals surface area contributed by atoms with Crippen LogP contribution in [0.2, 0.25) is 0 Å². The van der Waals surface area contributed by atoms with Crippen molar-refractivity contribution in [1.82, 2.24) is 4.72 Å². The van der Waals surface area contributed by atoms with Gasteiger partial charge in [-0.25, -0.2) is 4.79 Å². The summed E-state index contributed by atoms with van der Waals surface area (Å²) in [6.07, 6.45) is 0. The fraction of sp³-hybridized carbons (Fsp3) is 0.700. The Balaban J connectivity index is 4.95. The zero-order chi connectivity index (χ0) is 11.8. The SMILES string of the molecule is CCOC(=O)/C(SNC)=C(\OC)C(C)C. The molecule has 1 N–H and O–H groups in total. The van der Waals surface area contributed by atoms with E-state index in [0.717, 1.165) is 0 Å². The van der Waals surface area contributed by atoms with Crippen LogP contribution in [0.25, 0.3) is 0 Å². The quantitative estimate of drug-likeness (QED) is 0.329. The van der Waals surface area contributed by atoms with Crippen LogP contribution in [0.15, 0.2) is 10.7 Å². The van der Waals surface area contributed by atoms with E-state index in [1.54, 1.807) is 21.1 Å². The third-order valence-corrected chi connectivity index (χ3v) is 2.41. The van der Waals surface area contributed by atoms with Gasteiger partial charge in [0, 0.05) is 5.92 Å². The molecule has 0 saturated heterocycles. The van der Waals surface area contributed by atoms with Gasteiger partial charge in [0.15, 0.2) is 0 Å². The first-order valence-electron chi connectivity index (χ1n) is 4.87. The summed E-state index contributed by atoms with van der Waals surface area (Å²) < 4.78 is 13.0. The minimum atomic E-state index is -0.345. The summed E-state index contributed by atoms with van der Waals surface area (Å²) in [5, 5.41) is 0. The van der Waals surface area contributed by atoms with Gasteiger partial charge in [0.2, 0.25) is 0 Å². The third-order valence-electron chi connectivity index (χ3n) is 1.63. The lowest BCUT2D eigenvalue weighted by atomic mass is 10.1. The minimum Gasteiger partial charge on any atom is -0.499 e. The molecule has 15 heavy (non-hydrogen) atoms. The first kappa shape index (κ1) is 14.3. The van der Waals surface area contributed by atoms with Gasteiger partial charge in [0.1, 0.15) is 10.7 Å². The summed E-state index contributed by atoms with van der Waals surface area (Å²) in [6.45, 7) is 6.08. The van der Waals surface area contributed by atoms with E-state index in [1.807, 2.05) is 13.8 Å². The van der Waals surface area contributed by atoms with E-state index >= 15 is 0 Å². The summed E-state index contributed by atoms with van der Waals surface area (Å²) in [5.74, 6) is 0.449. The number of hydrogen-bond donors (Lipinski definition) is 1. The van der Waals surface area contributed by atoms with E-state index in [9.17, 15) is 4.79 Å². The molecule has 0 spiro atoms. The van der Waals surface area contributed by atoms with Crippen LogP contribution in [-0.2, 0) is 14.3 Å². The Hall–Kier alpha value is -0.680. The highest BCUT2D eigenvalue weighted by Gasteiger charge is 2.20. The topological polar surface area (TPSA) is 47.6 Å². The van der Waals surface area contributed by atoms with Crippen LogP contribution >= 0.6 is 11.9 Å². The van der Waals surface area contributed by atoms with Crippen molar-refractivity contribution < 1.29 is 14.3 Å². The van der Waals surface area contributed by atoms with Crippen LogP contribution in [0.5, 0.6) is 0 Å². The predicted octanol–water partition coefficient (Wildman–Crippen LogP) is 1.93. The molecule has 4 nitrogen and oxygen atoms in total. The number of hydrogen-bond acceptors (Lipinski definition) is 5. The molecule has 0 rings (SSSR count). The van der Waals surface area contributed by atoms with Crippen molar-refractivity contribution in [3.8, 4) is 0 Å². The molecule has 0 radical (unpaired) electrons. The average molecular weight is 233 g/mol. The number of carbonyl (C=O) groups is 1. The monoisotopic (exact) mass is 233 g/mol. The van der Waals surface area contributed by atoms with Crippen LogP contribution in [-0.4, -0.2) is 26.7 Å². The summed E-state index contributed by atoms with van der Waals surface area (Å²) in [6, 6.07) is 0. The molecule has 0 aliphatic heterocycles. The number of nitrogens with one attached hydrogen (secondary N) is 1. The number of esters is 1. The molecule has 0 heterocycles. The number of allylic oxidation sites excluding steroid dienone is 1. The Morgan fingerprint density at radius 2 is 2.07 bits per heavy atom. The average Bonchev–Trinajstić information content (AvgIpc) is 2.17. The number of rotatable bonds is 6. The number of carbonyl (C=O) groups excluding carboxylic acids is 1. The Bertz CT molecular complexity index is 239. The molecule has 0 amide bonds. The molecule has 0 aromatic rings. The van der Waals surface area contributed by atoms with Crippen molar-refractivity contribution in [1.29, 1.82) is 0 Å². The molecule has 0 aliphatic carbocycles. The van der Waals surface area contributed by atoms with Gasteiger partial charge >= 0.3 is 5.97 Å². The van der Waals surface area contributed by atoms with Gasteiger partial charge in [-0.3, -0.25) is 4.72 Å². The van der Waals surface area contributed by atoms with E-state index < -0.39 is 0 Å². The third kappa shape index (κ3) is 4.57. The van der Waals surface area contributed by atoms with Crippen LogP contribution in [0.4, 0.5) is 0 Å². The van der Waals surface area contributed by atoms with Gasteiger partial charge in [0.05, 0.1) is 13.7 Å². The number of methoxy groups -OCH3 is 1. The van der Waals surface area contributed by atoms with E-state index in [0.29, 0.717) is 17.3 Å². The largest absolute Gasteiger partial charge is 0.499 e. The summed E-state index contributed by atoms with van der Waals surface area (Å²) in [5.41, 5.74) is 0. The molecule has 5 heteroatoms. The van der Waals surface area contributed by atoms with Crippen molar-refractivity contribution in [2.24, 2.45) is 5.92 Å². The zero-order valence-electron chi connectivity index (χ0n) is 9.92. The molecule has 0 unspecified atom stereocenters. The van der Waals surface area contributed by atoms with Crippen LogP contribution < -0.4 is 4.72 Å². The molecule has 0 atom stereocenters. The van der Waals surface area contributed by atoms with Crippen LogP contribution in [0.1, 0.15) is 20.8 Å². The van der Waals surface area contributed by atoms with Gasteiger partial charge in [-0.05, 0) is 25.9 Å². The minimum absolute atomic E-state index is 0.148. The van der Waals surface area contributed by atoms with E-state index in [1.165, 1.54) is 11.9 Å². The van der Waals surface area contributed by atoms with Crippen molar-refractivity contribution in [3.05, 3.63) is 10.7 Å². The molecule has 0 aromatic carbocycles. The molecular formula is C10H19NO3S. The molecule has 88 valence electrons. The van der Waals surface area contributed by atoms with Crippen molar-refractivity contribution in [2.75, 3.05) is 20.8 Å². The molecular weight excluding hydrogens is 214 g/mol. The number of ether oxygens (including phenoxy) is 2. The van der Waals surface area contributed by atoms with Gasteiger partial charge in [-0.2, -0.15) is 0 Å². The maximum atomic E-state index is 11.6. The maximum Gasteiger partial charge on any atom is 0.349 e. The highest BCUT2D eigenvalue weighted by molar-refractivity contribution is 8.02. The first-order chi connectivity index (χ1) is 7.08. The van der Waals surface area contributed by atoms with E-state index in [2.05, 4.69) is 4.72 Å². The van der Waals surface area contributed by atoms with Crippen molar-refractivity contribution in [2.45, 2.75) is 20.8 Å². The highest BCUT2D eigenvalue weighted by atomic mass is 32.2. The summed E-state index contributed by atoms with van der Waals surface area (Å²) in [4.78, 5) is 12.1. The van der Waals surface area contributed by atoms with Gasteiger partial charge in [-0.15, -0.1) is 0 Å². The zero-order valence-corrected chi connectivity index (χ0v) is 10.7. The smallest absolute Gasteiger partial charge is 0.349 e. The second-order valence-electron chi connectivity index (χ2n) is 3.08. The Labute approximate surface area is 95.5 Å². The lowest BCUT2D eigenvalue weighted by Gasteiger charge is -2.15. The fourth-order valence-corrected chi connectivity index (χ4v) is 1.85. The second-order valence-corrected chi connectivity index (χ2v) is 4.10. The van der Waals surface area contributed by atoms with Crippen LogP contribution in [0, 0.1) is 5.92 Å². The van der Waals surface area contributed by atoms with Crippen LogP contribution in [0.3, 0.4) is 0 Å². The van der Waals surface area contributed by atoms with Crippen molar-refractivity contribution >= 4 is 17.9 Å². The van der Waals surface area contributed by atoms with Crippen molar-refractivity contribution in [3.63, 3.8) is 0 Å². The fourth-order valence-electron chi connectivity index (χ4n) is 1.08. The van der Waals surface area contributed by atoms with Gasteiger partial charge in [0.25, 0.3) is 0 Å².